The van der Waals surface area contributed by atoms with E-state index in [4.69, 9.17) is 18.9 Å². The van der Waals surface area contributed by atoms with E-state index in [0.717, 1.165) is 23.1 Å². The van der Waals surface area contributed by atoms with Gasteiger partial charge >= 0.3 is 0 Å². The Morgan fingerprint density at radius 2 is 2.09 bits per heavy atom. The normalized spacial score (nSPS) is 15.4. The number of benzene rings is 2. The third kappa shape index (κ3) is 5.11. The number of methoxy groups -OCH3 is 2. The standard InChI is InChI=1S/C23H25N3O7S/c1-30-10-11-33-20-13-18(26(28)29)16(12-19(20)31-2)22(27)25(14-15-6-5-9-32-15)23-24-17-7-3-4-8-21(17)34-23/h3-4,7-8,12-13,15H,5-6,9-11,14H2,1-2H3. The molecule has 1 fully saturated rings. The molecule has 1 saturated heterocycles. The zero-order valence-electron chi connectivity index (χ0n) is 18.9. The van der Waals surface area contributed by atoms with Crippen molar-refractivity contribution >= 4 is 38.3 Å². The Morgan fingerprint density at radius 1 is 1.26 bits per heavy atom. The highest BCUT2D eigenvalue weighted by molar-refractivity contribution is 7.22. The van der Waals surface area contributed by atoms with E-state index in [9.17, 15) is 14.9 Å². The van der Waals surface area contributed by atoms with Crippen LogP contribution in [0.15, 0.2) is 36.4 Å². The lowest BCUT2D eigenvalue weighted by Crippen LogP contribution is -2.37. The van der Waals surface area contributed by atoms with Crippen LogP contribution in [0.2, 0.25) is 0 Å². The van der Waals surface area contributed by atoms with Crippen molar-refractivity contribution in [3.05, 3.63) is 52.1 Å². The molecular weight excluding hydrogens is 462 g/mol. The maximum absolute atomic E-state index is 13.8. The molecule has 180 valence electrons. The Bertz CT molecular complexity index is 1140. The van der Waals surface area contributed by atoms with Crippen LogP contribution >= 0.6 is 11.3 Å². The van der Waals surface area contributed by atoms with Gasteiger partial charge in [-0.1, -0.05) is 23.5 Å². The van der Waals surface area contributed by atoms with Crippen LogP contribution in [0, 0.1) is 10.1 Å². The summed E-state index contributed by atoms with van der Waals surface area (Å²) in [5.74, 6) is -0.178. The lowest BCUT2D eigenvalue weighted by Gasteiger charge is -2.23. The average Bonchev–Trinajstić information content (AvgIpc) is 3.51. The number of nitro benzene ring substituents is 1. The topological polar surface area (TPSA) is 113 Å². The average molecular weight is 488 g/mol. The van der Waals surface area contributed by atoms with E-state index in [1.54, 1.807) is 0 Å². The summed E-state index contributed by atoms with van der Waals surface area (Å²) >= 11 is 1.35. The van der Waals surface area contributed by atoms with Crippen LogP contribution in [0.5, 0.6) is 11.5 Å². The molecule has 3 aromatic rings. The predicted molar refractivity (Wildman–Crippen MR) is 127 cm³/mol. The summed E-state index contributed by atoms with van der Waals surface area (Å²) in [4.78, 5) is 31.2. The molecule has 2 heterocycles. The van der Waals surface area contributed by atoms with E-state index in [1.165, 1.54) is 42.6 Å². The van der Waals surface area contributed by atoms with E-state index < -0.39 is 10.8 Å². The molecule has 0 saturated carbocycles. The number of ether oxygens (including phenoxy) is 4. The molecule has 0 aliphatic carbocycles. The maximum Gasteiger partial charge on any atom is 0.286 e. The molecule has 1 unspecified atom stereocenters. The summed E-state index contributed by atoms with van der Waals surface area (Å²) in [7, 11) is 2.94. The molecule has 4 rings (SSSR count). The van der Waals surface area contributed by atoms with Crippen molar-refractivity contribution in [3.8, 4) is 11.5 Å². The van der Waals surface area contributed by atoms with Gasteiger partial charge in [0.1, 0.15) is 12.2 Å². The Kier molecular flexibility index (Phi) is 7.56. The third-order valence-electron chi connectivity index (χ3n) is 5.42. The van der Waals surface area contributed by atoms with Crippen LogP contribution in [-0.4, -0.2) is 62.5 Å². The first-order valence-electron chi connectivity index (χ1n) is 10.8. The second-order valence-corrected chi connectivity index (χ2v) is 8.64. The van der Waals surface area contributed by atoms with Crippen LogP contribution in [0.4, 0.5) is 10.8 Å². The van der Waals surface area contributed by atoms with E-state index >= 15 is 0 Å². The molecule has 0 N–H and O–H groups in total. The number of thiazole rings is 1. The first-order chi connectivity index (χ1) is 16.5. The molecule has 1 aliphatic rings. The molecule has 10 nitrogen and oxygen atoms in total. The highest BCUT2D eigenvalue weighted by atomic mass is 32.1. The van der Waals surface area contributed by atoms with Gasteiger partial charge in [0.05, 0.1) is 47.6 Å². The molecular formula is C23H25N3O7S. The second-order valence-electron chi connectivity index (χ2n) is 7.63. The van der Waals surface area contributed by atoms with Gasteiger partial charge in [-0.3, -0.25) is 19.8 Å². The van der Waals surface area contributed by atoms with Crippen molar-refractivity contribution < 1.29 is 28.7 Å². The number of nitro groups is 1. The van der Waals surface area contributed by atoms with Crippen molar-refractivity contribution in [2.75, 3.05) is 45.5 Å². The number of carbonyl (C=O) groups is 1. The summed E-state index contributed by atoms with van der Waals surface area (Å²) in [6, 6.07) is 10.1. The summed E-state index contributed by atoms with van der Waals surface area (Å²) in [6.45, 7) is 1.33. The maximum atomic E-state index is 13.8. The SMILES string of the molecule is COCCOc1cc([N+](=O)[O-])c(C(=O)N(CC2CCCO2)c2nc3ccccc3s2)cc1OC. The molecule has 0 bridgehead atoms. The Morgan fingerprint density at radius 3 is 2.76 bits per heavy atom. The van der Waals surface area contributed by atoms with Gasteiger partial charge in [0, 0.05) is 19.8 Å². The predicted octanol–water partition coefficient (Wildman–Crippen LogP) is 4.06. The first kappa shape index (κ1) is 23.9. The number of hydrogen-bond donors (Lipinski definition) is 0. The number of aromatic nitrogens is 1. The fraction of sp³-hybridized carbons (Fsp3) is 0.391. The number of nitrogens with zero attached hydrogens (tertiary/aromatic N) is 3. The van der Waals surface area contributed by atoms with Crippen LogP contribution in [0.25, 0.3) is 10.2 Å². The van der Waals surface area contributed by atoms with Crippen molar-refractivity contribution in [2.45, 2.75) is 18.9 Å². The van der Waals surface area contributed by atoms with Crippen LogP contribution in [0.3, 0.4) is 0 Å². The Labute approximate surface area is 200 Å². The molecule has 1 aliphatic heterocycles. The minimum atomic E-state index is -0.599. The monoisotopic (exact) mass is 487 g/mol. The lowest BCUT2D eigenvalue weighted by atomic mass is 10.1. The quantitative estimate of drug-likeness (QED) is 0.239. The molecule has 0 radical (unpaired) electrons. The van der Waals surface area contributed by atoms with E-state index in [0.29, 0.717) is 18.3 Å². The number of anilines is 1. The third-order valence-corrected chi connectivity index (χ3v) is 6.48. The Balaban J connectivity index is 1.75. The second kappa shape index (κ2) is 10.8. The lowest BCUT2D eigenvalue weighted by molar-refractivity contribution is -0.385. The fourth-order valence-corrected chi connectivity index (χ4v) is 4.71. The van der Waals surface area contributed by atoms with Crippen molar-refractivity contribution in [1.29, 1.82) is 0 Å². The summed E-state index contributed by atoms with van der Waals surface area (Å²) in [6.07, 6.45) is 1.52. The number of para-hydroxylation sites is 1. The minimum Gasteiger partial charge on any atom is -0.493 e. The first-order valence-corrected chi connectivity index (χ1v) is 11.6. The number of fused-ring (bicyclic) bond motifs is 1. The number of carbonyl (C=O) groups excluding carboxylic acids is 1. The zero-order valence-corrected chi connectivity index (χ0v) is 19.7. The van der Waals surface area contributed by atoms with E-state index in [-0.39, 0.29) is 42.0 Å². The van der Waals surface area contributed by atoms with Gasteiger partial charge in [0.2, 0.25) is 0 Å². The van der Waals surface area contributed by atoms with Crippen molar-refractivity contribution in [3.63, 3.8) is 0 Å². The van der Waals surface area contributed by atoms with Crippen molar-refractivity contribution in [2.24, 2.45) is 0 Å². The van der Waals surface area contributed by atoms with Gasteiger partial charge in [-0.25, -0.2) is 4.98 Å². The summed E-state index contributed by atoms with van der Waals surface area (Å²) in [5.41, 5.74) is 0.261. The molecule has 2 aromatic carbocycles. The molecule has 11 heteroatoms. The summed E-state index contributed by atoms with van der Waals surface area (Å²) in [5, 5.41) is 12.4. The van der Waals surface area contributed by atoms with Gasteiger partial charge in [0.25, 0.3) is 11.6 Å². The van der Waals surface area contributed by atoms with Gasteiger partial charge in [-0.15, -0.1) is 0 Å². The van der Waals surface area contributed by atoms with Gasteiger partial charge in [0.15, 0.2) is 16.6 Å². The fourth-order valence-electron chi connectivity index (χ4n) is 3.74. The molecule has 0 spiro atoms. The van der Waals surface area contributed by atoms with Crippen molar-refractivity contribution in [1.82, 2.24) is 4.98 Å². The smallest absolute Gasteiger partial charge is 0.286 e. The van der Waals surface area contributed by atoms with Gasteiger partial charge in [-0.05, 0) is 25.0 Å². The molecule has 34 heavy (non-hydrogen) atoms. The largest absolute Gasteiger partial charge is 0.493 e. The summed E-state index contributed by atoms with van der Waals surface area (Å²) < 4.78 is 22.6. The highest BCUT2D eigenvalue weighted by Crippen LogP contribution is 2.37. The molecule has 1 amide bonds. The highest BCUT2D eigenvalue weighted by Gasteiger charge is 2.32. The van der Waals surface area contributed by atoms with Gasteiger partial charge in [-0.2, -0.15) is 0 Å². The molecule has 1 aromatic heterocycles. The Hall–Kier alpha value is -3.28. The van der Waals surface area contributed by atoms with Crippen LogP contribution in [-0.2, 0) is 9.47 Å². The molecule has 1 atom stereocenters. The number of rotatable bonds is 10. The number of hydrogen-bond acceptors (Lipinski definition) is 9. The van der Waals surface area contributed by atoms with E-state index in [2.05, 4.69) is 4.98 Å². The van der Waals surface area contributed by atoms with Crippen LogP contribution in [0.1, 0.15) is 23.2 Å². The minimum absolute atomic E-state index is 0.113. The van der Waals surface area contributed by atoms with Crippen LogP contribution < -0.4 is 14.4 Å². The van der Waals surface area contributed by atoms with E-state index in [1.807, 2.05) is 24.3 Å². The van der Waals surface area contributed by atoms with Gasteiger partial charge < -0.3 is 18.9 Å². The zero-order chi connectivity index (χ0) is 24.1. The number of amides is 1.